The average Bonchev–Trinajstić information content (AvgIpc) is 2.37. The Labute approximate surface area is 115 Å². The van der Waals surface area contributed by atoms with Crippen LogP contribution in [0.4, 0.5) is 5.82 Å². The first-order valence-electron chi connectivity index (χ1n) is 7.29. The topological polar surface area (TPSA) is 61.0 Å². The summed E-state index contributed by atoms with van der Waals surface area (Å²) < 4.78 is 6.14. The summed E-state index contributed by atoms with van der Waals surface area (Å²) in [5.41, 5.74) is 6.83. The number of rotatable bonds is 3. The number of nitrogens with zero attached hydrogens (tertiary/aromatic N) is 2. The van der Waals surface area contributed by atoms with E-state index in [9.17, 15) is 0 Å². The number of anilines is 1. The molecule has 1 aromatic heterocycles. The fourth-order valence-corrected chi connectivity index (χ4v) is 2.50. The summed E-state index contributed by atoms with van der Waals surface area (Å²) >= 11 is 0. The fourth-order valence-electron chi connectivity index (χ4n) is 2.50. The zero-order valence-electron chi connectivity index (χ0n) is 12.4. The second-order valence-corrected chi connectivity index (χ2v) is 5.97. The molecule has 0 amide bonds. The Kier molecular flexibility index (Phi) is 4.27. The van der Waals surface area contributed by atoms with E-state index in [4.69, 9.17) is 10.5 Å². The van der Waals surface area contributed by atoms with Gasteiger partial charge in [-0.15, -0.1) is 0 Å². The van der Waals surface area contributed by atoms with Gasteiger partial charge in [0.25, 0.3) is 0 Å². The highest BCUT2D eigenvalue weighted by atomic mass is 16.5. The molecule has 0 spiro atoms. The highest BCUT2D eigenvalue weighted by molar-refractivity contribution is 5.44. The second-order valence-electron chi connectivity index (χ2n) is 5.97. The van der Waals surface area contributed by atoms with Crippen molar-refractivity contribution in [1.82, 2.24) is 9.97 Å². The second kappa shape index (κ2) is 5.76. The maximum atomic E-state index is 6.14. The number of ether oxygens (including phenoxy) is 1. The van der Waals surface area contributed by atoms with Gasteiger partial charge in [-0.25, -0.2) is 4.98 Å². The highest BCUT2D eigenvalue weighted by Crippen LogP contribution is 2.30. The molecule has 0 aromatic carbocycles. The SMILES string of the molecule is Cc1c(N)nc(C(C)C)nc1OC1CCCCC1C. The minimum absolute atomic E-state index is 0.258. The maximum absolute atomic E-state index is 6.14. The van der Waals surface area contributed by atoms with E-state index in [1.807, 2.05) is 6.92 Å². The molecule has 1 aliphatic carbocycles. The van der Waals surface area contributed by atoms with Crippen molar-refractivity contribution in [1.29, 1.82) is 0 Å². The molecular weight excluding hydrogens is 238 g/mol. The third-order valence-corrected chi connectivity index (χ3v) is 3.97. The van der Waals surface area contributed by atoms with Gasteiger partial charge in [-0.05, 0) is 32.1 Å². The number of hydrogen-bond acceptors (Lipinski definition) is 4. The summed E-state index contributed by atoms with van der Waals surface area (Å²) in [6, 6.07) is 0. The molecule has 1 heterocycles. The van der Waals surface area contributed by atoms with Crippen molar-refractivity contribution < 1.29 is 4.74 Å². The van der Waals surface area contributed by atoms with Crippen molar-refractivity contribution in [2.45, 2.75) is 65.4 Å². The van der Waals surface area contributed by atoms with E-state index in [1.165, 1.54) is 19.3 Å². The van der Waals surface area contributed by atoms with E-state index in [2.05, 4.69) is 30.7 Å². The lowest BCUT2D eigenvalue weighted by Crippen LogP contribution is -2.29. The molecule has 106 valence electrons. The first-order chi connectivity index (χ1) is 8.99. The Balaban J connectivity index is 2.23. The van der Waals surface area contributed by atoms with Crippen LogP contribution in [0.1, 0.15) is 63.8 Å². The van der Waals surface area contributed by atoms with Crippen molar-refractivity contribution in [3.05, 3.63) is 11.4 Å². The van der Waals surface area contributed by atoms with Gasteiger partial charge in [-0.3, -0.25) is 0 Å². The van der Waals surface area contributed by atoms with Gasteiger partial charge in [0.05, 0.1) is 5.56 Å². The van der Waals surface area contributed by atoms with E-state index in [0.717, 1.165) is 17.8 Å². The number of aromatic nitrogens is 2. The Hall–Kier alpha value is -1.32. The summed E-state index contributed by atoms with van der Waals surface area (Å²) in [7, 11) is 0. The van der Waals surface area contributed by atoms with Gasteiger partial charge in [-0.1, -0.05) is 27.2 Å². The molecule has 0 aliphatic heterocycles. The third kappa shape index (κ3) is 3.17. The van der Waals surface area contributed by atoms with Crippen LogP contribution in [0.15, 0.2) is 0 Å². The first-order valence-corrected chi connectivity index (χ1v) is 7.29. The average molecular weight is 263 g/mol. The van der Waals surface area contributed by atoms with Crippen LogP contribution in [0.2, 0.25) is 0 Å². The lowest BCUT2D eigenvalue weighted by molar-refractivity contribution is 0.0963. The third-order valence-electron chi connectivity index (χ3n) is 3.97. The van der Waals surface area contributed by atoms with E-state index in [0.29, 0.717) is 17.6 Å². The van der Waals surface area contributed by atoms with Gasteiger partial charge in [0.2, 0.25) is 5.88 Å². The molecule has 2 rings (SSSR count). The quantitative estimate of drug-likeness (QED) is 0.907. The van der Waals surface area contributed by atoms with Crippen LogP contribution in [0.5, 0.6) is 5.88 Å². The summed E-state index contributed by atoms with van der Waals surface area (Å²) in [5, 5.41) is 0. The van der Waals surface area contributed by atoms with Crippen molar-refractivity contribution in [3.63, 3.8) is 0 Å². The molecule has 1 aliphatic rings. The lowest BCUT2D eigenvalue weighted by Gasteiger charge is -2.29. The molecule has 0 saturated heterocycles. The van der Waals surface area contributed by atoms with Crippen LogP contribution >= 0.6 is 0 Å². The molecule has 4 nitrogen and oxygen atoms in total. The van der Waals surface area contributed by atoms with Crippen LogP contribution < -0.4 is 10.5 Å². The van der Waals surface area contributed by atoms with Crippen LogP contribution in [0, 0.1) is 12.8 Å². The smallest absolute Gasteiger partial charge is 0.222 e. The molecule has 1 fully saturated rings. The molecule has 19 heavy (non-hydrogen) atoms. The molecule has 1 aromatic rings. The lowest BCUT2D eigenvalue weighted by atomic mass is 9.88. The number of nitrogens with two attached hydrogens (primary N) is 1. The summed E-state index contributed by atoms with van der Waals surface area (Å²) in [6.07, 6.45) is 5.17. The zero-order chi connectivity index (χ0) is 14.0. The molecule has 0 bridgehead atoms. The van der Waals surface area contributed by atoms with E-state index in [-0.39, 0.29) is 12.0 Å². The summed E-state index contributed by atoms with van der Waals surface area (Å²) in [6.45, 7) is 8.32. The molecule has 1 saturated carbocycles. The zero-order valence-corrected chi connectivity index (χ0v) is 12.4. The predicted molar refractivity (Wildman–Crippen MR) is 77.3 cm³/mol. The van der Waals surface area contributed by atoms with Gasteiger partial charge < -0.3 is 10.5 Å². The van der Waals surface area contributed by atoms with Gasteiger partial charge in [0, 0.05) is 5.92 Å². The van der Waals surface area contributed by atoms with Crippen LogP contribution in [0.25, 0.3) is 0 Å². The molecule has 2 atom stereocenters. The number of nitrogen functional groups attached to an aromatic ring is 1. The van der Waals surface area contributed by atoms with Crippen molar-refractivity contribution in [2.75, 3.05) is 5.73 Å². The predicted octanol–water partition coefficient (Wildman–Crippen LogP) is 3.45. The van der Waals surface area contributed by atoms with Crippen molar-refractivity contribution in [3.8, 4) is 5.88 Å². The standard InChI is InChI=1S/C15H25N3O/c1-9(2)14-17-13(16)11(4)15(18-14)19-12-8-6-5-7-10(12)3/h9-10,12H,5-8H2,1-4H3,(H2,16,17,18). The summed E-state index contributed by atoms with van der Waals surface area (Å²) in [5.74, 6) is 2.83. The van der Waals surface area contributed by atoms with Gasteiger partial charge in [-0.2, -0.15) is 4.98 Å². The van der Waals surface area contributed by atoms with E-state index >= 15 is 0 Å². The normalized spacial score (nSPS) is 23.6. The Morgan fingerprint density at radius 3 is 2.53 bits per heavy atom. The maximum Gasteiger partial charge on any atom is 0.222 e. The number of hydrogen-bond donors (Lipinski definition) is 1. The van der Waals surface area contributed by atoms with Gasteiger partial charge >= 0.3 is 0 Å². The van der Waals surface area contributed by atoms with Gasteiger partial charge in [0.15, 0.2) is 0 Å². The monoisotopic (exact) mass is 263 g/mol. The van der Waals surface area contributed by atoms with E-state index < -0.39 is 0 Å². The van der Waals surface area contributed by atoms with Crippen LogP contribution in [0.3, 0.4) is 0 Å². The molecule has 2 N–H and O–H groups in total. The van der Waals surface area contributed by atoms with Gasteiger partial charge in [0.1, 0.15) is 17.7 Å². The Morgan fingerprint density at radius 1 is 1.21 bits per heavy atom. The Bertz CT molecular complexity index is 445. The summed E-state index contributed by atoms with van der Waals surface area (Å²) in [4.78, 5) is 8.88. The molecule has 2 unspecified atom stereocenters. The van der Waals surface area contributed by atoms with Crippen molar-refractivity contribution >= 4 is 5.82 Å². The fraction of sp³-hybridized carbons (Fsp3) is 0.733. The first kappa shape index (κ1) is 14.1. The minimum Gasteiger partial charge on any atom is -0.474 e. The van der Waals surface area contributed by atoms with Crippen molar-refractivity contribution in [2.24, 2.45) is 5.92 Å². The molecule has 0 radical (unpaired) electrons. The minimum atomic E-state index is 0.258. The molecule has 4 heteroatoms. The van der Waals surface area contributed by atoms with E-state index in [1.54, 1.807) is 0 Å². The highest BCUT2D eigenvalue weighted by Gasteiger charge is 2.24. The Morgan fingerprint density at radius 2 is 1.89 bits per heavy atom. The molecular formula is C15H25N3O. The van der Waals surface area contributed by atoms with Crippen LogP contribution in [-0.2, 0) is 0 Å². The largest absolute Gasteiger partial charge is 0.474 e. The van der Waals surface area contributed by atoms with Crippen LogP contribution in [-0.4, -0.2) is 16.1 Å².